The molecule has 0 spiro atoms. The Morgan fingerprint density at radius 2 is 1.68 bits per heavy atom. The highest BCUT2D eigenvalue weighted by molar-refractivity contribution is 14.1. The second-order valence-corrected chi connectivity index (χ2v) is 10.0. The quantitative estimate of drug-likeness (QED) is 0.241. The monoisotopic (exact) mass is 630 g/mol. The Morgan fingerprint density at radius 1 is 1.11 bits per heavy atom. The van der Waals surface area contributed by atoms with Gasteiger partial charge in [-0.25, -0.2) is 4.79 Å². The van der Waals surface area contributed by atoms with Crippen LogP contribution in [-0.4, -0.2) is 32.7 Å². The van der Waals surface area contributed by atoms with Crippen LogP contribution in [0.15, 0.2) is 41.3 Å². The van der Waals surface area contributed by atoms with Crippen molar-refractivity contribution in [2.75, 3.05) is 13.2 Å². The minimum absolute atomic E-state index is 0.0165. The fraction of sp³-hybridized carbons (Fsp3) is 0.316. The molecule has 1 N–H and O–H groups in total. The Labute approximate surface area is 192 Å². The lowest BCUT2D eigenvalue weighted by molar-refractivity contribution is 0.0696. The van der Waals surface area contributed by atoms with Crippen LogP contribution in [0.25, 0.3) is 0 Å². The van der Waals surface area contributed by atoms with Gasteiger partial charge in [0.2, 0.25) is 0 Å². The van der Waals surface area contributed by atoms with Crippen LogP contribution in [0.5, 0.6) is 5.75 Å². The van der Waals surface area contributed by atoms with Crippen molar-refractivity contribution in [3.05, 3.63) is 54.7 Å². The average molecular weight is 630 g/mol. The van der Waals surface area contributed by atoms with E-state index in [4.69, 9.17) is 14.0 Å². The first-order valence-electron chi connectivity index (χ1n) is 8.50. The topological polar surface area (TPSA) is 89.9 Å². The SMILES string of the molecule is CCC(C)c1ccc(S(=O)(=O)OCCOc2c(I)cc(C(=O)O)cc2I)cc1. The van der Waals surface area contributed by atoms with Crippen LogP contribution in [0, 0.1) is 7.14 Å². The summed E-state index contributed by atoms with van der Waals surface area (Å²) in [5.41, 5.74) is 1.25. The van der Waals surface area contributed by atoms with Crippen LogP contribution in [0.1, 0.15) is 42.1 Å². The molecule has 2 rings (SSSR count). The predicted molar refractivity (Wildman–Crippen MR) is 123 cm³/mol. The molecule has 2 aromatic rings. The molecule has 0 aromatic heterocycles. The molecular weight excluding hydrogens is 610 g/mol. The molecule has 0 amide bonds. The van der Waals surface area contributed by atoms with Crippen molar-refractivity contribution >= 4 is 61.3 Å². The molecule has 28 heavy (non-hydrogen) atoms. The molecule has 152 valence electrons. The van der Waals surface area contributed by atoms with Gasteiger partial charge in [0.25, 0.3) is 10.1 Å². The first-order chi connectivity index (χ1) is 13.2. The first kappa shape index (κ1) is 23.4. The van der Waals surface area contributed by atoms with Crippen LogP contribution in [0.3, 0.4) is 0 Å². The number of hydrogen-bond donors (Lipinski definition) is 1. The third-order valence-electron chi connectivity index (χ3n) is 4.16. The number of carboxylic acid groups (broad SMARTS) is 1. The largest absolute Gasteiger partial charge is 0.489 e. The van der Waals surface area contributed by atoms with E-state index in [1.54, 1.807) is 24.3 Å². The lowest BCUT2D eigenvalue weighted by Gasteiger charge is -2.12. The molecule has 2 aromatic carbocycles. The molecule has 9 heteroatoms. The summed E-state index contributed by atoms with van der Waals surface area (Å²) in [5, 5.41) is 9.06. The van der Waals surface area contributed by atoms with Gasteiger partial charge in [0.05, 0.1) is 17.6 Å². The number of benzene rings is 2. The maximum absolute atomic E-state index is 12.3. The Bertz CT molecular complexity index is 918. The van der Waals surface area contributed by atoms with Crippen molar-refractivity contribution in [3.8, 4) is 5.75 Å². The van der Waals surface area contributed by atoms with Crippen LogP contribution >= 0.6 is 45.2 Å². The molecular formula is C19H20I2O6S. The molecule has 1 atom stereocenters. The molecule has 0 radical (unpaired) electrons. The van der Waals surface area contributed by atoms with E-state index in [1.165, 1.54) is 12.1 Å². The smallest absolute Gasteiger partial charge is 0.335 e. The maximum atomic E-state index is 12.3. The molecule has 0 saturated carbocycles. The zero-order valence-corrected chi connectivity index (χ0v) is 20.4. The molecule has 0 heterocycles. The second-order valence-electron chi connectivity index (χ2n) is 6.08. The van der Waals surface area contributed by atoms with Gasteiger partial charge in [-0.1, -0.05) is 26.0 Å². The second kappa shape index (κ2) is 10.2. The molecule has 0 aliphatic rings. The highest BCUT2D eigenvalue weighted by Crippen LogP contribution is 2.29. The summed E-state index contributed by atoms with van der Waals surface area (Å²) in [5.74, 6) is -0.148. The van der Waals surface area contributed by atoms with Crippen molar-refractivity contribution in [3.63, 3.8) is 0 Å². The lowest BCUT2D eigenvalue weighted by atomic mass is 9.99. The molecule has 0 fully saturated rings. The zero-order chi connectivity index (χ0) is 20.9. The molecule has 0 aliphatic carbocycles. The number of aromatic carboxylic acids is 1. The highest BCUT2D eigenvalue weighted by atomic mass is 127. The van der Waals surface area contributed by atoms with Gasteiger partial charge >= 0.3 is 5.97 Å². The Hall–Kier alpha value is -0.920. The van der Waals surface area contributed by atoms with Crippen molar-refractivity contribution in [2.24, 2.45) is 0 Å². The van der Waals surface area contributed by atoms with Gasteiger partial charge in [-0.3, -0.25) is 4.18 Å². The van der Waals surface area contributed by atoms with Crippen LogP contribution in [0.2, 0.25) is 0 Å². The van der Waals surface area contributed by atoms with Crippen LogP contribution in [-0.2, 0) is 14.3 Å². The van der Waals surface area contributed by atoms with Gasteiger partial charge < -0.3 is 9.84 Å². The molecule has 0 bridgehead atoms. The summed E-state index contributed by atoms with van der Waals surface area (Å²) in [4.78, 5) is 11.2. The predicted octanol–water partition coefficient (Wildman–Crippen LogP) is 4.89. The minimum atomic E-state index is -3.86. The van der Waals surface area contributed by atoms with E-state index >= 15 is 0 Å². The molecule has 0 saturated heterocycles. The van der Waals surface area contributed by atoms with Crippen molar-refractivity contribution < 1.29 is 27.2 Å². The number of hydrogen-bond acceptors (Lipinski definition) is 5. The van der Waals surface area contributed by atoms with Crippen molar-refractivity contribution in [1.82, 2.24) is 0 Å². The summed E-state index contributed by atoms with van der Waals surface area (Å²) < 4.78 is 36.5. The van der Waals surface area contributed by atoms with Crippen molar-refractivity contribution in [1.29, 1.82) is 0 Å². The highest BCUT2D eigenvalue weighted by Gasteiger charge is 2.17. The summed E-state index contributed by atoms with van der Waals surface area (Å²) in [6, 6.07) is 9.70. The van der Waals surface area contributed by atoms with E-state index in [2.05, 4.69) is 13.8 Å². The van der Waals surface area contributed by atoms with E-state index in [0.29, 0.717) is 18.8 Å². The molecule has 6 nitrogen and oxygen atoms in total. The number of carboxylic acids is 1. The van der Waals surface area contributed by atoms with E-state index in [-0.39, 0.29) is 23.7 Å². The summed E-state index contributed by atoms with van der Waals surface area (Å²) in [6.07, 6.45) is 0.977. The Kier molecular flexibility index (Phi) is 8.52. The van der Waals surface area contributed by atoms with Gasteiger partial charge in [0, 0.05) is 0 Å². The van der Waals surface area contributed by atoms with E-state index in [0.717, 1.165) is 12.0 Å². The van der Waals surface area contributed by atoms with E-state index < -0.39 is 16.1 Å². The fourth-order valence-electron chi connectivity index (χ4n) is 2.38. The normalized spacial score (nSPS) is 12.6. The van der Waals surface area contributed by atoms with E-state index in [1.807, 2.05) is 45.2 Å². The van der Waals surface area contributed by atoms with Crippen LogP contribution in [0.4, 0.5) is 0 Å². The summed E-state index contributed by atoms with van der Waals surface area (Å²) in [6.45, 7) is 4.03. The standard InChI is InChI=1S/C19H20I2O6S/c1-3-12(2)13-4-6-15(7-5-13)28(24,25)27-9-8-26-18-16(20)10-14(19(22)23)11-17(18)21/h4-7,10-12H,3,8-9H2,1-2H3,(H,22,23). The van der Waals surface area contributed by atoms with Gasteiger partial charge in [-0.2, -0.15) is 8.42 Å². The number of halogens is 2. The van der Waals surface area contributed by atoms with Gasteiger partial charge in [-0.15, -0.1) is 0 Å². The fourth-order valence-corrected chi connectivity index (χ4v) is 5.35. The number of carbonyl (C=O) groups is 1. The zero-order valence-electron chi connectivity index (χ0n) is 15.3. The minimum Gasteiger partial charge on any atom is -0.489 e. The average Bonchev–Trinajstić information content (AvgIpc) is 2.66. The Balaban J connectivity index is 1.97. The third kappa shape index (κ3) is 6.04. The maximum Gasteiger partial charge on any atom is 0.335 e. The third-order valence-corrected chi connectivity index (χ3v) is 7.09. The van der Waals surface area contributed by atoms with Crippen LogP contribution < -0.4 is 4.74 Å². The Morgan fingerprint density at radius 3 is 2.18 bits per heavy atom. The number of rotatable bonds is 9. The van der Waals surface area contributed by atoms with Crippen molar-refractivity contribution in [2.45, 2.75) is 31.1 Å². The molecule has 0 aliphatic heterocycles. The molecule has 1 unspecified atom stereocenters. The lowest BCUT2D eigenvalue weighted by Crippen LogP contribution is -2.14. The first-order valence-corrected chi connectivity index (χ1v) is 12.1. The van der Waals surface area contributed by atoms with Gasteiger partial charge in [-0.05, 0) is 87.3 Å². The van der Waals surface area contributed by atoms with Gasteiger partial charge in [0.1, 0.15) is 19.0 Å². The summed E-state index contributed by atoms with van der Waals surface area (Å²) in [7, 11) is -3.86. The summed E-state index contributed by atoms with van der Waals surface area (Å²) >= 11 is 3.96. The number of ether oxygens (including phenoxy) is 1. The van der Waals surface area contributed by atoms with E-state index in [9.17, 15) is 13.2 Å². The van der Waals surface area contributed by atoms with Gasteiger partial charge in [0.15, 0.2) is 0 Å².